The van der Waals surface area contributed by atoms with Crippen molar-refractivity contribution in [3.05, 3.63) is 60.2 Å². The number of aryl methyl sites for hydroxylation is 1. The molecule has 0 saturated carbocycles. The minimum atomic E-state index is 0.232. The maximum atomic E-state index is 9.73. The molecule has 138 valence electrons. The van der Waals surface area contributed by atoms with Gasteiger partial charge in [0.1, 0.15) is 11.5 Å². The van der Waals surface area contributed by atoms with Gasteiger partial charge in [-0.25, -0.2) is 0 Å². The minimum absolute atomic E-state index is 0.232. The number of hydrogen-bond acceptors (Lipinski definition) is 2. The molecule has 1 aromatic rings. The van der Waals surface area contributed by atoms with Crippen LogP contribution in [0.5, 0.6) is 11.5 Å². The predicted octanol–water partition coefficient (Wildman–Crippen LogP) is 6.84. The van der Waals surface area contributed by atoms with Gasteiger partial charge >= 0.3 is 0 Å². The Kier molecular flexibility index (Phi) is 12.1. The van der Waals surface area contributed by atoms with Gasteiger partial charge in [-0.2, -0.15) is 0 Å². The molecule has 0 heterocycles. The summed E-state index contributed by atoms with van der Waals surface area (Å²) in [4.78, 5) is 0. The number of allylic oxidation sites excluding steroid dienone is 6. The van der Waals surface area contributed by atoms with Crippen LogP contribution < -0.4 is 0 Å². The van der Waals surface area contributed by atoms with Gasteiger partial charge in [0, 0.05) is 0 Å². The van der Waals surface area contributed by atoms with Crippen LogP contribution in [0.4, 0.5) is 0 Å². The van der Waals surface area contributed by atoms with Gasteiger partial charge in [0.25, 0.3) is 0 Å². The number of benzene rings is 1. The van der Waals surface area contributed by atoms with Crippen molar-refractivity contribution in [2.75, 3.05) is 0 Å². The van der Waals surface area contributed by atoms with E-state index in [4.69, 9.17) is 0 Å². The van der Waals surface area contributed by atoms with Gasteiger partial charge in [-0.3, -0.25) is 0 Å². The van der Waals surface area contributed by atoms with E-state index < -0.39 is 0 Å². The van der Waals surface area contributed by atoms with E-state index in [1.54, 1.807) is 12.1 Å². The molecule has 1 rings (SSSR count). The number of rotatable bonds is 13. The Morgan fingerprint density at radius 1 is 0.800 bits per heavy atom. The molecule has 0 aliphatic heterocycles. The molecule has 0 unspecified atom stereocenters. The molecule has 0 saturated heterocycles. The van der Waals surface area contributed by atoms with Crippen molar-refractivity contribution in [2.24, 2.45) is 0 Å². The summed E-state index contributed by atoms with van der Waals surface area (Å²) in [5, 5.41) is 19.2. The molecule has 0 bridgehead atoms. The average Bonchev–Trinajstić information content (AvgIpc) is 2.61. The van der Waals surface area contributed by atoms with Gasteiger partial charge < -0.3 is 10.2 Å². The third kappa shape index (κ3) is 11.3. The largest absolute Gasteiger partial charge is 0.508 e. The molecule has 0 spiro atoms. The second-order valence-electron chi connectivity index (χ2n) is 6.49. The van der Waals surface area contributed by atoms with Gasteiger partial charge in [-0.05, 0) is 62.8 Å². The van der Waals surface area contributed by atoms with Gasteiger partial charge in [-0.1, -0.05) is 68.6 Å². The van der Waals surface area contributed by atoms with Crippen LogP contribution >= 0.6 is 0 Å². The smallest absolute Gasteiger partial charge is 0.119 e. The number of phenolic OH excluding ortho intramolecular Hbond substituents is 2. The average molecular weight is 343 g/mol. The predicted molar refractivity (Wildman–Crippen MR) is 108 cm³/mol. The van der Waals surface area contributed by atoms with E-state index in [0.717, 1.165) is 24.8 Å². The molecule has 25 heavy (non-hydrogen) atoms. The molecule has 0 aromatic heterocycles. The number of hydrogen-bond donors (Lipinski definition) is 2. The summed E-state index contributed by atoms with van der Waals surface area (Å²) in [6.07, 6.45) is 24.7. The summed E-state index contributed by atoms with van der Waals surface area (Å²) in [7, 11) is 0. The number of unbranched alkanes of at least 4 members (excludes halogenated alkanes) is 7. The molecular formula is C23H34O2. The Morgan fingerprint density at radius 3 is 2.28 bits per heavy atom. The van der Waals surface area contributed by atoms with Gasteiger partial charge in [0.05, 0.1) is 0 Å². The molecule has 0 aliphatic rings. The molecule has 0 fully saturated rings. The lowest BCUT2D eigenvalue weighted by Gasteiger charge is -2.05. The molecule has 0 radical (unpaired) electrons. The first kappa shape index (κ1) is 21.1. The van der Waals surface area contributed by atoms with E-state index in [1.807, 2.05) is 13.0 Å². The molecule has 0 aliphatic carbocycles. The SMILES string of the molecule is C/C=C/C=C/C/C=C\CCCCCCCCCc1cc(O)ccc1O. The van der Waals surface area contributed by atoms with Gasteiger partial charge in [-0.15, -0.1) is 0 Å². The van der Waals surface area contributed by atoms with E-state index in [0.29, 0.717) is 5.75 Å². The zero-order valence-corrected chi connectivity index (χ0v) is 15.7. The first-order chi connectivity index (χ1) is 12.2. The molecule has 0 amide bonds. The summed E-state index contributed by atoms with van der Waals surface area (Å²) >= 11 is 0. The normalized spacial score (nSPS) is 12.0. The Bertz CT molecular complexity index is 541. The van der Waals surface area contributed by atoms with E-state index in [9.17, 15) is 10.2 Å². The van der Waals surface area contributed by atoms with Crippen molar-refractivity contribution in [2.45, 2.75) is 71.1 Å². The molecular weight excluding hydrogens is 308 g/mol. The lowest BCUT2D eigenvalue weighted by atomic mass is 10.0. The molecule has 2 nitrogen and oxygen atoms in total. The number of phenols is 2. The van der Waals surface area contributed by atoms with Crippen molar-refractivity contribution in [3.8, 4) is 11.5 Å². The van der Waals surface area contributed by atoms with E-state index >= 15 is 0 Å². The Balaban J connectivity index is 1.92. The summed E-state index contributed by atoms with van der Waals surface area (Å²) in [6, 6.07) is 4.76. The summed E-state index contributed by atoms with van der Waals surface area (Å²) in [5.74, 6) is 0.527. The first-order valence-electron chi connectivity index (χ1n) is 9.67. The van der Waals surface area contributed by atoms with E-state index in [1.165, 1.54) is 51.0 Å². The zero-order chi connectivity index (χ0) is 18.2. The second kappa shape index (κ2) is 14.4. The van der Waals surface area contributed by atoms with Crippen molar-refractivity contribution in [1.29, 1.82) is 0 Å². The highest BCUT2D eigenvalue weighted by atomic mass is 16.3. The van der Waals surface area contributed by atoms with Crippen LogP contribution in [0.3, 0.4) is 0 Å². The molecule has 2 heteroatoms. The quantitative estimate of drug-likeness (QED) is 0.178. The Morgan fingerprint density at radius 2 is 1.52 bits per heavy atom. The Labute approximate surface area is 153 Å². The van der Waals surface area contributed by atoms with Crippen molar-refractivity contribution >= 4 is 0 Å². The second-order valence-corrected chi connectivity index (χ2v) is 6.49. The third-order valence-corrected chi connectivity index (χ3v) is 4.26. The fourth-order valence-electron chi connectivity index (χ4n) is 2.79. The van der Waals surface area contributed by atoms with Crippen LogP contribution in [0.15, 0.2) is 54.7 Å². The van der Waals surface area contributed by atoms with Gasteiger partial charge in [0.15, 0.2) is 0 Å². The maximum absolute atomic E-state index is 9.73. The minimum Gasteiger partial charge on any atom is -0.508 e. The summed E-state index contributed by atoms with van der Waals surface area (Å²) in [5.41, 5.74) is 0.854. The van der Waals surface area contributed by atoms with Crippen LogP contribution in [0.1, 0.15) is 70.3 Å². The lowest BCUT2D eigenvalue weighted by Crippen LogP contribution is -1.87. The third-order valence-electron chi connectivity index (χ3n) is 4.26. The van der Waals surface area contributed by atoms with Crippen molar-refractivity contribution in [3.63, 3.8) is 0 Å². The first-order valence-corrected chi connectivity index (χ1v) is 9.67. The fraction of sp³-hybridized carbons (Fsp3) is 0.478. The lowest BCUT2D eigenvalue weighted by molar-refractivity contribution is 0.452. The highest BCUT2D eigenvalue weighted by Gasteiger charge is 2.02. The topological polar surface area (TPSA) is 40.5 Å². The highest BCUT2D eigenvalue weighted by molar-refractivity contribution is 5.38. The van der Waals surface area contributed by atoms with Crippen LogP contribution in [0, 0.1) is 0 Å². The number of aromatic hydroxyl groups is 2. The standard InChI is InChI=1S/C23H34O2/c1-2-3-4-5-6-7-8-9-10-11-12-13-14-15-16-17-21-20-22(24)18-19-23(21)25/h2-5,7-8,18-20,24-25H,6,9-17H2,1H3/b3-2+,5-4+,8-7-. The zero-order valence-electron chi connectivity index (χ0n) is 15.7. The van der Waals surface area contributed by atoms with Crippen molar-refractivity contribution < 1.29 is 10.2 Å². The highest BCUT2D eigenvalue weighted by Crippen LogP contribution is 2.24. The summed E-state index contributed by atoms with van der Waals surface area (Å²) < 4.78 is 0. The van der Waals surface area contributed by atoms with Crippen molar-refractivity contribution in [1.82, 2.24) is 0 Å². The van der Waals surface area contributed by atoms with Crippen LogP contribution in [-0.2, 0) is 6.42 Å². The maximum Gasteiger partial charge on any atom is 0.119 e. The fourth-order valence-corrected chi connectivity index (χ4v) is 2.79. The van der Waals surface area contributed by atoms with E-state index in [-0.39, 0.29) is 5.75 Å². The van der Waals surface area contributed by atoms with E-state index in [2.05, 4.69) is 30.4 Å². The molecule has 1 aromatic carbocycles. The summed E-state index contributed by atoms with van der Waals surface area (Å²) in [6.45, 7) is 2.03. The molecule has 0 atom stereocenters. The Hall–Kier alpha value is -1.96. The monoisotopic (exact) mass is 342 g/mol. The van der Waals surface area contributed by atoms with Gasteiger partial charge in [0.2, 0.25) is 0 Å². The van der Waals surface area contributed by atoms with Crippen LogP contribution in [-0.4, -0.2) is 10.2 Å². The van der Waals surface area contributed by atoms with Crippen LogP contribution in [0.25, 0.3) is 0 Å². The molecule has 2 N–H and O–H groups in total. The van der Waals surface area contributed by atoms with Crippen LogP contribution in [0.2, 0.25) is 0 Å².